The Morgan fingerprint density at radius 1 is 1.44 bits per heavy atom. The van der Waals surface area contributed by atoms with Crippen LogP contribution in [0.25, 0.3) is 0 Å². The summed E-state index contributed by atoms with van der Waals surface area (Å²) in [5, 5.41) is 3.40. The zero-order chi connectivity index (χ0) is 11.5. The summed E-state index contributed by atoms with van der Waals surface area (Å²) < 4.78 is 5.27. The Labute approximate surface area is 97.0 Å². The van der Waals surface area contributed by atoms with Crippen LogP contribution in [-0.2, 0) is 0 Å². The third kappa shape index (κ3) is 2.20. The highest BCUT2D eigenvalue weighted by atomic mass is 16.5. The molecule has 88 valence electrons. The van der Waals surface area contributed by atoms with Crippen molar-refractivity contribution in [2.45, 2.75) is 25.3 Å². The second kappa shape index (κ2) is 4.85. The van der Waals surface area contributed by atoms with Gasteiger partial charge in [0.05, 0.1) is 7.11 Å². The first-order valence-electron chi connectivity index (χ1n) is 5.83. The van der Waals surface area contributed by atoms with Gasteiger partial charge in [0, 0.05) is 18.5 Å². The number of hydrogen-bond donors (Lipinski definition) is 2. The minimum Gasteiger partial charge on any atom is -0.496 e. The highest BCUT2D eigenvalue weighted by Gasteiger charge is 2.23. The molecule has 2 atom stereocenters. The molecule has 3 N–H and O–H groups in total. The monoisotopic (exact) mass is 220 g/mol. The Balaban J connectivity index is 2.22. The number of hydrogen-bond acceptors (Lipinski definition) is 3. The van der Waals surface area contributed by atoms with Crippen LogP contribution in [0.4, 0.5) is 0 Å². The Kier molecular flexibility index (Phi) is 3.46. The first-order chi connectivity index (χ1) is 7.72. The molecule has 0 spiro atoms. The van der Waals surface area contributed by atoms with Crippen molar-refractivity contribution >= 4 is 0 Å². The molecule has 16 heavy (non-hydrogen) atoms. The maximum absolute atomic E-state index is 6.16. The molecule has 1 aliphatic heterocycles. The summed E-state index contributed by atoms with van der Waals surface area (Å²) in [5.74, 6) is 1.37. The normalized spacial score (nSPS) is 25.4. The fraction of sp³-hybridized carbons (Fsp3) is 0.538. The zero-order valence-electron chi connectivity index (χ0n) is 9.99. The van der Waals surface area contributed by atoms with Gasteiger partial charge in [-0.05, 0) is 37.1 Å². The van der Waals surface area contributed by atoms with Crippen LogP contribution in [0.15, 0.2) is 18.2 Å². The number of methoxy groups -OCH3 is 1. The predicted octanol–water partition coefficient (Wildman–Crippen LogP) is 1.41. The number of ether oxygens (including phenoxy) is 1. The molecule has 1 aromatic rings. The van der Waals surface area contributed by atoms with Crippen LogP contribution in [0.1, 0.15) is 23.5 Å². The number of aryl methyl sites for hydroxylation is 1. The molecule has 0 amide bonds. The van der Waals surface area contributed by atoms with Gasteiger partial charge in [0.15, 0.2) is 0 Å². The van der Waals surface area contributed by atoms with E-state index < -0.39 is 0 Å². The van der Waals surface area contributed by atoms with Crippen molar-refractivity contribution in [3.05, 3.63) is 29.3 Å². The Morgan fingerprint density at radius 3 is 2.88 bits per heavy atom. The molecule has 3 heteroatoms. The van der Waals surface area contributed by atoms with Gasteiger partial charge >= 0.3 is 0 Å². The molecule has 0 aliphatic carbocycles. The van der Waals surface area contributed by atoms with Crippen molar-refractivity contribution < 1.29 is 4.74 Å². The van der Waals surface area contributed by atoms with E-state index in [4.69, 9.17) is 10.5 Å². The van der Waals surface area contributed by atoms with E-state index in [1.807, 2.05) is 6.07 Å². The number of nitrogens with one attached hydrogen (secondary N) is 1. The largest absolute Gasteiger partial charge is 0.496 e. The molecule has 2 rings (SSSR count). The van der Waals surface area contributed by atoms with Crippen LogP contribution in [0.2, 0.25) is 0 Å². The summed E-state index contributed by atoms with van der Waals surface area (Å²) in [6, 6.07) is 6.63. The Hall–Kier alpha value is -1.06. The SMILES string of the molecule is COc1ccc(C2CNCCC2N)cc1C. The molecule has 1 fully saturated rings. The Bertz CT molecular complexity index is 365. The minimum atomic E-state index is 0.272. The molecule has 0 radical (unpaired) electrons. The van der Waals surface area contributed by atoms with Gasteiger partial charge in [0.25, 0.3) is 0 Å². The van der Waals surface area contributed by atoms with E-state index in [1.54, 1.807) is 7.11 Å². The molecule has 0 aromatic heterocycles. The van der Waals surface area contributed by atoms with E-state index in [2.05, 4.69) is 24.4 Å². The van der Waals surface area contributed by atoms with E-state index in [0.29, 0.717) is 5.92 Å². The van der Waals surface area contributed by atoms with Gasteiger partial charge in [-0.1, -0.05) is 12.1 Å². The molecule has 0 bridgehead atoms. The van der Waals surface area contributed by atoms with Crippen LogP contribution in [0.5, 0.6) is 5.75 Å². The lowest BCUT2D eigenvalue weighted by Gasteiger charge is -2.30. The van der Waals surface area contributed by atoms with E-state index in [9.17, 15) is 0 Å². The van der Waals surface area contributed by atoms with Gasteiger partial charge in [-0.3, -0.25) is 0 Å². The van der Waals surface area contributed by atoms with Gasteiger partial charge in [0.1, 0.15) is 5.75 Å². The molecule has 1 saturated heterocycles. The average molecular weight is 220 g/mol. The van der Waals surface area contributed by atoms with Gasteiger partial charge in [0.2, 0.25) is 0 Å². The molecule has 1 aliphatic rings. The number of rotatable bonds is 2. The second-order valence-corrected chi connectivity index (χ2v) is 4.49. The summed E-state index contributed by atoms with van der Waals surface area (Å²) in [4.78, 5) is 0. The topological polar surface area (TPSA) is 47.3 Å². The van der Waals surface area contributed by atoms with E-state index in [0.717, 1.165) is 25.3 Å². The minimum absolute atomic E-state index is 0.272. The van der Waals surface area contributed by atoms with Crippen LogP contribution in [0.3, 0.4) is 0 Å². The van der Waals surface area contributed by atoms with Gasteiger partial charge in [-0.25, -0.2) is 0 Å². The molecular formula is C13H20N2O. The van der Waals surface area contributed by atoms with Crippen molar-refractivity contribution in [2.24, 2.45) is 5.73 Å². The summed E-state index contributed by atoms with van der Waals surface area (Å²) >= 11 is 0. The third-order valence-electron chi connectivity index (χ3n) is 3.38. The maximum Gasteiger partial charge on any atom is 0.121 e. The number of piperidine rings is 1. The highest BCUT2D eigenvalue weighted by molar-refractivity contribution is 5.38. The molecule has 0 saturated carbocycles. The fourth-order valence-corrected chi connectivity index (χ4v) is 2.38. The standard InChI is InChI=1S/C13H20N2O/c1-9-7-10(3-4-13(9)16-2)11-8-15-6-5-12(11)14/h3-4,7,11-12,15H,5-6,8,14H2,1-2H3. The first kappa shape index (κ1) is 11.4. The third-order valence-corrected chi connectivity index (χ3v) is 3.38. The lowest BCUT2D eigenvalue weighted by Crippen LogP contribution is -2.43. The summed E-state index contributed by atoms with van der Waals surface area (Å²) in [5.41, 5.74) is 8.66. The van der Waals surface area contributed by atoms with Crippen molar-refractivity contribution in [1.29, 1.82) is 0 Å². The first-order valence-corrected chi connectivity index (χ1v) is 5.83. The smallest absolute Gasteiger partial charge is 0.121 e. The summed E-state index contributed by atoms with van der Waals surface area (Å²) in [7, 11) is 1.70. The zero-order valence-corrected chi connectivity index (χ0v) is 9.99. The van der Waals surface area contributed by atoms with E-state index in [-0.39, 0.29) is 6.04 Å². The summed E-state index contributed by atoms with van der Waals surface area (Å²) in [6.07, 6.45) is 1.05. The molecule has 3 nitrogen and oxygen atoms in total. The molecule has 2 unspecified atom stereocenters. The highest BCUT2D eigenvalue weighted by Crippen LogP contribution is 2.27. The van der Waals surface area contributed by atoms with Crippen LogP contribution in [0, 0.1) is 6.92 Å². The van der Waals surface area contributed by atoms with Crippen LogP contribution in [-0.4, -0.2) is 26.2 Å². The molecule has 1 heterocycles. The van der Waals surface area contributed by atoms with Crippen molar-refractivity contribution in [2.75, 3.05) is 20.2 Å². The Morgan fingerprint density at radius 2 is 2.25 bits per heavy atom. The number of benzene rings is 1. The fourth-order valence-electron chi connectivity index (χ4n) is 2.38. The lowest BCUT2D eigenvalue weighted by molar-refractivity contribution is 0.399. The van der Waals surface area contributed by atoms with Crippen molar-refractivity contribution in [1.82, 2.24) is 5.32 Å². The molecule has 1 aromatic carbocycles. The predicted molar refractivity (Wildman–Crippen MR) is 65.9 cm³/mol. The van der Waals surface area contributed by atoms with Gasteiger partial charge in [-0.2, -0.15) is 0 Å². The summed E-state index contributed by atoms with van der Waals surface area (Å²) in [6.45, 7) is 4.09. The van der Waals surface area contributed by atoms with E-state index >= 15 is 0 Å². The molecular weight excluding hydrogens is 200 g/mol. The van der Waals surface area contributed by atoms with Crippen molar-refractivity contribution in [3.8, 4) is 5.75 Å². The average Bonchev–Trinajstić information content (AvgIpc) is 2.29. The van der Waals surface area contributed by atoms with Gasteiger partial charge in [-0.15, -0.1) is 0 Å². The number of nitrogens with two attached hydrogens (primary N) is 1. The quantitative estimate of drug-likeness (QED) is 0.792. The van der Waals surface area contributed by atoms with E-state index in [1.165, 1.54) is 11.1 Å². The van der Waals surface area contributed by atoms with Crippen molar-refractivity contribution in [3.63, 3.8) is 0 Å². The van der Waals surface area contributed by atoms with Crippen LogP contribution < -0.4 is 15.8 Å². The lowest BCUT2D eigenvalue weighted by atomic mass is 9.87. The van der Waals surface area contributed by atoms with Crippen LogP contribution >= 0.6 is 0 Å². The van der Waals surface area contributed by atoms with Gasteiger partial charge < -0.3 is 15.8 Å². The maximum atomic E-state index is 6.16. The second-order valence-electron chi connectivity index (χ2n) is 4.49.